The summed E-state index contributed by atoms with van der Waals surface area (Å²) in [6, 6.07) is 0. The maximum Gasteiger partial charge on any atom is 0.335 e. The molecule has 1 heterocycles. The Labute approximate surface area is 60.0 Å². The molecule has 1 rings (SSSR count). The fraction of sp³-hybridized carbons (Fsp3) is 0.857. The fourth-order valence-corrected chi connectivity index (χ4v) is 1.20. The van der Waals surface area contributed by atoms with Crippen molar-refractivity contribution in [1.82, 2.24) is 0 Å². The first-order valence-corrected chi connectivity index (χ1v) is 3.55. The van der Waals surface area contributed by atoms with Gasteiger partial charge in [0, 0.05) is 5.92 Å². The summed E-state index contributed by atoms with van der Waals surface area (Å²) in [5, 5.41) is 9.09. The summed E-state index contributed by atoms with van der Waals surface area (Å²) in [7, 11) is 0. The van der Waals surface area contributed by atoms with E-state index in [1.54, 1.807) is 0 Å². The molecule has 1 N–H and O–H groups in total. The molecule has 0 radical (unpaired) electrons. The zero-order valence-electron chi connectivity index (χ0n) is 6.20. The Hall–Kier alpha value is -0.570. The van der Waals surface area contributed by atoms with E-state index in [2.05, 4.69) is 0 Å². The maximum absolute atomic E-state index is 10.7. The number of carbonyl (C=O) groups excluding carboxylic acids is 1. The Morgan fingerprint density at radius 2 is 2.30 bits per heavy atom. The average Bonchev–Trinajstić information content (AvgIpc) is 2.17. The van der Waals surface area contributed by atoms with Gasteiger partial charge in [0.2, 0.25) is 0 Å². The number of hydrogen-bond acceptors (Lipinski definition) is 3. The van der Waals surface area contributed by atoms with E-state index < -0.39 is 12.1 Å². The van der Waals surface area contributed by atoms with Crippen LogP contribution < -0.4 is 0 Å². The van der Waals surface area contributed by atoms with Crippen molar-refractivity contribution < 1.29 is 14.6 Å². The normalized spacial score (nSPS) is 39.9. The highest BCUT2D eigenvalue weighted by Gasteiger charge is 2.39. The van der Waals surface area contributed by atoms with Crippen molar-refractivity contribution >= 4 is 5.97 Å². The van der Waals surface area contributed by atoms with Gasteiger partial charge in [-0.3, -0.25) is 0 Å². The van der Waals surface area contributed by atoms with E-state index in [1.165, 1.54) is 0 Å². The summed E-state index contributed by atoms with van der Waals surface area (Å²) in [4.78, 5) is 10.7. The number of rotatable bonds is 1. The monoisotopic (exact) mass is 144 g/mol. The highest BCUT2D eigenvalue weighted by molar-refractivity contribution is 5.77. The predicted molar refractivity (Wildman–Crippen MR) is 35.3 cm³/mol. The third kappa shape index (κ3) is 1.01. The topological polar surface area (TPSA) is 46.5 Å². The molecule has 1 aliphatic rings. The summed E-state index contributed by atoms with van der Waals surface area (Å²) in [5.74, 6) is -0.517. The van der Waals surface area contributed by atoms with Crippen LogP contribution in [-0.4, -0.2) is 23.3 Å². The average molecular weight is 144 g/mol. The first-order chi connectivity index (χ1) is 4.66. The number of esters is 1. The van der Waals surface area contributed by atoms with Gasteiger partial charge in [0.25, 0.3) is 0 Å². The van der Waals surface area contributed by atoms with Gasteiger partial charge in [-0.05, 0) is 6.42 Å². The van der Waals surface area contributed by atoms with Crippen LogP contribution in [-0.2, 0) is 9.53 Å². The van der Waals surface area contributed by atoms with Gasteiger partial charge in [-0.1, -0.05) is 13.8 Å². The molecule has 1 fully saturated rings. The van der Waals surface area contributed by atoms with Crippen molar-refractivity contribution in [2.75, 3.05) is 0 Å². The standard InChI is InChI=1S/C7H12O3/c1-3-5-4(2)6(8)7(9)10-5/h4-6,8H,3H2,1-2H3/t4?,5-,6-/m0/s1. The molecule has 3 heteroatoms. The summed E-state index contributed by atoms with van der Waals surface area (Å²) >= 11 is 0. The molecule has 0 aromatic carbocycles. The van der Waals surface area contributed by atoms with E-state index in [0.29, 0.717) is 0 Å². The highest BCUT2D eigenvalue weighted by Crippen LogP contribution is 2.23. The van der Waals surface area contributed by atoms with Crippen LogP contribution in [0.15, 0.2) is 0 Å². The summed E-state index contributed by atoms with van der Waals surface area (Å²) in [5.41, 5.74) is 0. The van der Waals surface area contributed by atoms with Crippen LogP contribution >= 0.6 is 0 Å². The third-order valence-corrected chi connectivity index (χ3v) is 2.00. The zero-order valence-corrected chi connectivity index (χ0v) is 6.20. The number of hydrogen-bond donors (Lipinski definition) is 1. The van der Waals surface area contributed by atoms with Gasteiger partial charge >= 0.3 is 5.97 Å². The van der Waals surface area contributed by atoms with Crippen molar-refractivity contribution in [2.45, 2.75) is 32.5 Å². The second kappa shape index (κ2) is 2.58. The van der Waals surface area contributed by atoms with Crippen molar-refractivity contribution in [3.63, 3.8) is 0 Å². The Kier molecular flexibility index (Phi) is 1.94. The number of cyclic esters (lactones) is 1. The van der Waals surface area contributed by atoms with E-state index in [1.807, 2.05) is 13.8 Å². The van der Waals surface area contributed by atoms with E-state index in [0.717, 1.165) is 6.42 Å². The van der Waals surface area contributed by atoms with Gasteiger partial charge in [-0.15, -0.1) is 0 Å². The number of carbonyl (C=O) groups is 1. The molecule has 3 nitrogen and oxygen atoms in total. The van der Waals surface area contributed by atoms with Gasteiger partial charge in [-0.25, -0.2) is 4.79 Å². The predicted octanol–water partition coefficient (Wildman–Crippen LogP) is 0.319. The molecule has 1 aliphatic heterocycles. The van der Waals surface area contributed by atoms with E-state index in [-0.39, 0.29) is 12.0 Å². The second-order valence-corrected chi connectivity index (χ2v) is 2.69. The van der Waals surface area contributed by atoms with Crippen molar-refractivity contribution in [3.05, 3.63) is 0 Å². The SMILES string of the molecule is CC[C@@H]1OC(=O)[C@@H](O)C1C. The minimum absolute atomic E-state index is 0.0440. The Morgan fingerprint density at radius 1 is 1.70 bits per heavy atom. The Bertz CT molecular complexity index is 144. The lowest BCUT2D eigenvalue weighted by Gasteiger charge is -2.10. The molecular weight excluding hydrogens is 132 g/mol. The fourth-order valence-electron chi connectivity index (χ4n) is 1.20. The van der Waals surface area contributed by atoms with Crippen molar-refractivity contribution in [3.8, 4) is 0 Å². The number of ether oxygens (including phenoxy) is 1. The first-order valence-electron chi connectivity index (χ1n) is 3.55. The smallest absolute Gasteiger partial charge is 0.335 e. The molecule has 0 aliphatic carbocycles. The Morgan fingerprint density at radius 3 is 2.50 bits per heavy atom. The van der Waals surface area contributed by atoms with Gasteiger partial charge in [0.05, 0.1) is 0 Å². The van der Waals surface area contributed by atoms with E-state index >= 15 is 0 Å². The molecule has 58 valence electrons. The van der Waals surface area contributed by atoms with Crippen LogP contribution in [0.3, 0.4) is 0 Å². The van der Waals surface area contributed by atoms with Crippen LogP contribution in [0.1, 0.15) is 20.3 Å². The molecule has 3 atom stereocenters. The lowest BCUT2D eigenvalue weighted by atomic mass is 10.00. The summed E-state index contributed by atoms with van der Waals surface area (Å²) in [6.07, 6.45) is -0.198. The molecule has 0 bridgehead atoms. The number of aliphatic hydroxyl groups is 1. The molecule has 0 aromatic heterocycles. The van der Waals surface area contributed by atoms with Crippen LogP contribution in [0.25, 0.3) is 0 Å². The zero-order chi connectivity index (χ0) is 7.72. The molecule has 0 saturated carbocycles. The third-order valence-electron chi connectivity index (χ3n) is 2.00. The molecular formula is C7H12O3. The minimum Gasteiger partial charge on any atom is -0.460 e. The lowest BCUT2D eigenvalue weighted by Crippen LogP contribution is -2.21. The highest BCUT2D eigenvalue weighted by atomic mass is 16.6. The van der Waals surface area contributed by atoms with Crippen molar-refractivity contribution in [2.24, 2.45) is 5.92 Å². The van der Waals surface area contributed by atoms with Crippen LogP contribution in [0.2, 0.25) is 0 Å². The van der Waals surface area contributed by atoms with Gasteiger partial charge in [0.1, 0.15) is 6.10 Å². The lowest BCUT2D eigenvalue weighted by molar-refractivity contribution is -0.147. The number of aliphatic hydroxyl groups excluding tert-OH is 1. The van der Waals surface area contributed by atoms with Gasteiger partial charge in [-0.2, -0.15) is 0 Å². The molecule has 0 amide bonds. The van der Waals surface area contributed by atoms with E-state index in [4.69, 9.17) is 9.84 Å². The van der Waals surface area contributed by atoms with Crippen LogP contribution in [0.4, 0.5) is 0 Å². The van der Waals surface area contributed by atoms with Crippen LogP contribution in [0, 0.1) is 5.92 Å². The first kappa shape index (κ1) is 7.54. The largest absolute Gasteiger partial charge is 0.460 e. The van der Waals surface area contributed by atoms with Gasteiger partial charge in [0.15, 0.2) is 6.10 Å². The molecule has 0 aromatic rings. The molecule has 0 spiro atoms. The molecule has 1 unspecified atom stereocenters. The maximum atomic E-state index is 10.7. The molecule has 1 saturated heterocycles. The molecule has 10 heavy (non-hydrogen) atoms. The second-order valence-electron chi connectivity index (χ2n) is 2.69. The summed E-state index contributed by atoms with van der Waals surface area (Å²) < 4.78 is 4.85. The van der Waals surface area contributed by atoms with Gasteiger partial charge < -0.3 is 9.84 Å². The Balaban J connectivity index is 2.61. The van der Waals surface area contributed by atoms with Crippen molar-refractivity contribution in [1.29, 1.82) is 0 Å². The quantitative estimate of drug-likeness (QED) is 0.539. The van der Waals surface area contributed by atoms with Crippen LogP contribution in [0.5, 0.6) is 0 Å². The minimum atomic E-state index is -0.898. The summed E-state index contributed by atoms with van der Waals surface area (Å²) in [6.45, 7) is 3.76. The van der Waals surface area contributed by atoms with E-state index in [9.17, 15) is 4.79 Å².